The molecule has 0 N–H and O–H groups in total. The van der Waals surface area contributed by atoms with Crippen molar-refractivity contribution in [3.63, 3.8) is 0 Å². The normalized spacial score (nSPS) is 21.8. The van der Waals surface area contributed by atoms with Crippen molar-refractivity contribution >= 4 is 5.95 Å². The Kier molecular flexibility index (Phi) is 4.40. The van der Waals surface area contributed by atoms with Gasteiger partial charge in [-0.05, 0) is 39.2 Å². The van der Waals surface area contributed by atoms with Crippen LogP contribution in [0.4, 0.5) is 5.95 Å². The maximum absolute atomic E-state index is 5.46. The highest BCUT2D eigenvalue weighted by molar-refractivity contribution is 5.36. The van der Waals surface area contributed by atoms with Crippen molar-refractivity contribution in [2.45, 2.75) is 39.7 Å². The lowest BCUT2D eigenvalue weighted by molar-refractivity contribution is 0.0320. The molecule has 21 heavy (non-hydrogen) atoms. The monoisotopic (exact) mass is 290 g/mol. The SMILES string of the molecule is Cc1nc(N2CCN(C3CCOCC3)CC2)nc(C)c1C. The minimum atomic E-state index is 0.711. The van der Waals surface area contributed by atoms with E-state index in [2.05, 4.69) is 40.5 Å². The Hall–Kier alpha value is -1.20. The van der Waals surface area contributed by atoms with Crippen molar-refractivity contribution < 1.29 is 4.74 Å². The largest absolute Gasteiger partial charge is 0.381 e. The fourth-order valence-electron chi connectivity index (χ4n) is 3.23. The number of anilines is 1. The summed E-state index contributed by atoms with van der Waals surface area (Å²) in [4.78, 5) is 14.3. The smallest absolute Gasteiger partial charge is 0.225 e. The van der Waals surface area contributed by atoms with Gasteiger partial charge in [-0.15, -0.1) is 0 Å². The van der Waals surface area contributed by atoms with Gasteiger partial charge in [0.25, 0.3) is 0 Å². The number of hydrogen-bond acceptors (Lipinski definition) is 5. The van der Waals surface area contributed by atoms with Crippen LogP contribution in [0.5, 0.6) is 0 Å². The zero-order valence-corrected chi connectivity index (χ0v) is 13.4. The molecule has 3 heterocycles. The molecule has 1 aromatic heterocycles. The lowest BCUT2D eigenvalue weighted by atomic mass is 10.1. The third-order valence-electron chi connectivity index (χ3n) is 4.93. The van der Waals surface area contributed by atoms with Gasteiger partial charge in [-0.25, -0.2) is 9.97 Å². The molecule has 1 aromatic rings. The van der Waals surface area contributed by atoms with Gasteiger partial charge < -0.3 is 9.64 Å². The van der Waals surface area contributed by atoms with Crippen LogP contribution >= 0.6 is 0 Å². The molecule has 0 aromatic carbocycles. The van der Waals surface area contributed by atoms with Crippen molar-refractivity contribution in [1.29, 1.82) is 0 Å². The molecule has 3 rings (SSSR count). The fourth-order valence-corrected chi connectivity index (χ4v) is 3.23. The van der Waals surface area contributed by atoms with E-state index in [0.29, 0.717) is 6.04 Å². The van der Waals surface area contributed by atoms with Gasteiger partial charge in [0, 0.05) is 56.8 Å². The van der Waals surface area contributed by atoms with Crippen LogP contribution in [-0.4, -0.2) is 60.3 Å². The molecular formula is C16H26N4O. The summed E-state index contributed by atoms with van der Waals surface area (Å²) < 4.78 is 5.46. The topological polar surface area (TPSA) is 41.5 Å². The summed E-state index contributed by atoms with van der Waals surface area (Å²) in [5.74, 6) is 0.905. The lowest BCUT2D eigenvalue weighted by Crippen LogP contribution is -2.52. The van der Waals surface area contributed by atoms with Crippen LogP contribution in [0.1, 0.15) is 29.8 Å². The van der Waals surface area contributed by atoms with E-state index in [-0.39, 0.29) is 0 Å². The minimum Gasteiger partial charge on any atom is -0.381 e. The highest BCUT2D eigenvalue weighted by Crippen LogP contribution is 2.20. The molecule has 0 aliphatic carbocycles. The number of nitrogens with zero attached hydrogens (tertiary/aromatic N) is 4. The second-order valence-corrected chi connectivity index (χ2v) is 6.19. The maximum Gasteiger partial charge on any atom is 0.225 e. The molecule has 0 saturated carbocycles. The molecule has 2 aliphatic heterocycles. The van der Waals surface area contributed by atoms with Gasteiger partial charge in [0.1, 0.15) is 0 Å². The summed E-state index contributed by atoms with van der Waals surface area (Å²) in [5.41, 5.74) is 3.41. The first-order valence-electron chi connectivity index (χ1n) is 8.03. The average Bonchev–Trinajstić information content (AvgIpc) is 2.53. The third kappa shape index (κ3) is 3.19. The van der Waals surface area contributed by atoms with E-state index in [1.807, 2.05) is 0 Å². The third-order valence-corrected chi connectivity index (χ3v) is 4.93. The van der Waals surface area contributed by atoms with Crippen LogP contribution in [0.15, 0.2) is 0 Å². The first kappa shape index (κ1) is 14.7. The molecule has 0 amide bonds. The summed E-state index contributed by atoms with van der Waals surface area (Å²) in [6.45, 7) is 12.4. The van der Waals surface area contributed by atoms with Crippen molar-refractivity contribution in [2.24, 2.45) is 0 Å². The van der Waals surface area contributed by atoms with E-state index in [4.69, 9.17) is 4.74 Å². The van der Waals surface area contributed by atoms with Gasteiger partial charge in [-0.1, -0.05) is 0 Å². The molecule has 2 saturated heterocycles. The standard InChI is InChI=1S/C16H26N4O/c1-12-13(2)17-16(18-14(12)3)20-8-6-19(7-9-20)15-4-10-21-11-5-15/h15H,4-11H2,1-3H3. The summed E-state index contributed by atoms with van der Waals surface area (Å²) >= 11 is 0. The Bertz CT molecular complexity index is 468. The van der Waals surface area contributed by atoms with Gasteiger partial charge in [-0.2, -0.15) is 0 Å². The van der Waals surface area contributed by atoms with Gasteiger partial charge in [-0.3, -0.25) is 4.90 Å². The van der Waals surface area contributed by atoms with Crippen molar-refractivity contribution in [2.75, 3.05) is 44.3 Å². The van der Waals surface area contributed by atoms with Gasteiger partial charge in [0.15, 0.2) is 0 Å². The highest BCUT2D eigenvalue weighted by atomic mass is 16.5. The molecule has 0 atom stereocenters. The zero-order valence-electron chi connectivity index (χ0n) is 13.4. The van der Waals surface area contributed by atoms with E-state index in [0.717, 1.165) is 56.7 Å². The number of hydrogen-bond donors (Lipinski definition) is 0. The van der Waals surface area contributed by atoms with Crippen LogP contribution in [-0.2, 0) is 4.74 Å². The Balaban J connectivity index is 1.63. The highest BCUT2D eigenvalue weighted by Gasteiger charge is 2.26. The number of piperazine rings is 1. The van der Waals surface area contributed by atoms with Crippen LogP contribution in [0.25, 0.3) is 0 Å². The van der Waals surface area contributed by atoms with Crippen molar-refractivity contribution in [3.8, 4) is 0 Å². The maximum atomic E-state index is 5.46. The molecule has 0 radical (unpaired) electrons. The second-order valence-electron chi connectivity index (χ2n) is 6.19. The van der Waals surface area contributed by atoms with E-state index in [9.17, 15) is 0 Å². The molecule has 0 spiro atoms. The minimum absolute atomic E-state index is 0.711. The molecule has 5 nitrogen and oxygen atoms in total. The van der Waals surface area contributed by atoms with Crippen LogP contribution < -0.4 is 4.90 Å². The Labute approximate surface area is 127 Å². The van der Waals surface area contributed by atoms with Gasteiger partial charge in [0.05, 0.1) is 0 Å². The van der Waals surface area contributed by atoms with Crippen molar-refractivity contribution in [1.82, 2.24) is 14.9 Å². The molecular weight excluding hydrogens is 264 g/mol. The number of aryl methyl sites for hydroxylation is 2. The molecule has 2 aliphatic rings. The Morgan fingerprint density at radius 1 is 0.905 bits per heavy atom. The number of rotatable bonds is 2. The van der Waals surface area contributed by atoms with E-state index in [1.54, 1.807) is 0 Å². The fraction of sp³-hybridized carbons (Fsp3) is 0.750. The van der Waals surface area contributed by atoms with Gasteiger partial charge >= 0.3 is 0 Å². The summed E-state index contributed by atoms with van der Waals surface area (Å²) in [6, 6.07) is 0.711. The number of ether oxygens (including phenoxy) is 1. The first-order valence-corrected chi connectivity index (χ1v) is 8.03. The lowest BCUT2D eigenvalue weighted by Gasteiger charge is -2.40. The first-order chi connectivity index (χ1) is 10.1. The van der Waals surface area contributed by atoms with E-state index >= 15 is 0 Å². The number of aromatic nitrogens is 2. The van der Waals surface area contributed by atoms with Crippen LogP contribution in [0.3, 0.4) is 0 Å². The van der Waals surface area contributed by atoms with Crippen LogP contribution in [0.2, 0.25) is 0 Å². The molecule has 0 bridgehead atoms. The molecule has 2 fully saturated rings. The van der Waals surface area contributed by atoms with Gasteiger partial charge in [0.2, 0.25) is 5.95 Å². The summed E-state index contributed by atoms with van der Waals surface area (Å²) in [5, 5.41) is 0. The Morgan fingerprint density at radius 3 is 2.05 bits per heavy atom. The predicted molar refractivity (Wildman–Crippen MR) is 83.9 cm³/mol. The van der Waals surface area contributed by atoms with E-state index in [1.165, 1.54) is 18.4 Å². The summed E-state index contributed by atoms with van der Waals surface area (Å²) in [6.07, 6.45) is 2.36. The predicted octanol–water partition coefficient (Wildman–Crippen LogP) is 1.70. The van der Waals surface area contributed by atoms with Crippen LogP contribution in [0, 0.1) is 20.8 Å². The quantitative estimate of drug-likeness (QED) is 0.829. The Morgan fingerprint density at radius 2 is 1.48 bits per heavy atom. The van der Waals surface area contributed by atoms with Crippen molar-refractivity contribution in [3.05, 3.63) is 17.0 Å². The second kappa shape index (κ2) is 6.28. The summed E-state index contributed by atoms with van der Waals surface area (Å²) in [7, 11) is 0. The molecule has 0 unspecified atom stereocenters. The average molecular weight is 290 g/mol. The molecule has 5 heteroatoms. The zero-order chi connectivity index (χ0) is 14.8. The molecule has 116 valence electrons. The van der Waals surface area contributed by atoms with E-state index < -0.39 is 0 Å².